The zero-order chi connectivity index (χ0) is 20.9. The van der Waals surface area contributed by atoms with Gasteiger partial charge in [0.05, 0.1) is 17.5 Å². The van der Waals surface area contributed by atoms with Crippen molar-refractivity contribution in [1.29, 1.82) is 0 Å². The van der Waals surface area contributed by atoms with Gasteiger partial charge >= 0.3 is 5.97 Å². The highest BCUT2D eigenvalue weighted by Crippen LogP contribution is 2.44. The molecule has 0 unspecified atom stereocenters. The third kappa shape index (κ3) is 3.35. The molecule has 0 spiro atoms. The van der Waals surface area contributed by atoms with E-state index in [1.54, 1.807) is 11.5 Å². The summed E-state index contributed by atoms with van der Waals surface area (Å²) in [6, 6.07) is 1.26. The van der Waals surface area contributed by atoms with Crippen LogP contribution in [0, 0.1) is 11.7 Å². The zero-order valence-corrected chi connectivity index (χ0v) is 16.7. The van der Waals surface area contributed by atoms with Gasteiger partial charge in [-0.25, -0.2) is 9.18 Å². The Labute approximate surface area is 167 Å². The molecule has 2 fully saturated rings. The number of nitrogens with zero attached hydrogens (tertiary/aromatic N) is 2. The molecule has 7 nitrogen and oxygen atoms in total. The van der Waals surface area contributed by atoms with Gasteiger partial charge in [0, 0.05) is 31.4 Å². The van der Waals surface area contributed by atoms with Crippen molar-refractivity contribution < 1.29 is 19.0 Å². The minimum Gasteiger partial charge on any atom is -0.489 e. The number of carboxylic acid groups (broad SMARTS) is 1. The number of aromatic carboxylic acids is 1. The maximum atomic E-state index is 15.3. The van der Waals surface area contributed by atoms with Crippen LogP contribution >= 0.6 is 0 Å². The van der Waals surface area contributed by atoms with E-state index in [1.165, 1.54) is 12.3 Å². The molecule has 0 amide bonds. The van der Waals surface area contributed by atoms with Gasteiger partial charge < -0.3 is 25.0 Å². The van der Waals surface area contributed by atoms with Gasteiger partial charge in [0.1, 0.15) is 11.3 Å². The van der Waals surface area contributed by atoms with E-state index >= 15 is 4.39 Å². The summed E-state index contributed by atoms with van der Waals surface area (Å²) in [7, 11) is 0. The van der Waals surface area contributed by atoms with Gasteiger partial charge in [0.2, 0.25) is 5.43 Å². The first-order valence-corrected chi connectivity index (χ1v) is 10.1. The van der Waals surface area contributed by atoms with E-state index < -0.39 is 17.2 Å². The van der Waals surface area contributed by atoms with E-state index in [1.807, 2.05) is 11.8 Å². The van der Waals surface area contributed by atoms with Crippen LogP contribution in [0.5, 0.6) is 5.75 Å². The van der Waals surface area contributed by atoms with E-state index in [2.05, 4.69) is 0 Å². The molecule has 29 heavy (non-hydrogen) atoms. The number of halogens is 1. The highest BCUT2D eigenvalue weighted by molar-refractivity contribution is 5.97. The number of fused-ring (bicyclic) bond motifs is 1. The fourth-order valence-corrected chi connectivity index (χ4v) is 4.23. The smallest absolute Gasteiger partial charge is 0.341 e. The van der Waals surface area contributed by atoms with Gasteiger partial charge in [-0.1, -0.05) is 0 Å². The van der Waals surface area contributed by atoms with Gasteiger partial charge in [-0.15, -0.1) is 0 Å². The lowest BCUT2D eigenvalue weighted by atomic mass is 10.0. The number of hydrogen-bond donors (Lipinski definition) is 2. The van der Waals surface area contributed by atoms with Crippen LogP contribution in [0.3, 0.4) is 0 Å². The van der Waals surface area contributed by atoms with Crippen molar-refractivity contribution in [3.63, 3.8) is 0 Å². The van der Waals surface area contributed by atoms with Crippen molar-refractivity contribution >= 4 is 22.6 Å². The van der Waals surface area contributed by atoms with Crippen molar-refractivity contribution in [2.24, 2.45) is 11.7 Å². The van der Waals surface area contributed by atoms with Crippen LogP contribution in [0.25, 0.3) is 10.9 Å². The van der Waals surface area contributed by atoms with E-state index in [0.717, 1.165) is 19.3 Å². The first-order chi connectivity index (χ1) is 13.8. The van der Waals surface area contributed by atoms with E-state index in [9.17, 15) is 14.7 Å². The first-order valence-electron chi connectivity index (χ1n) is 10.1. The Morgan fingerprint density at radius 1 is 1.41 bits per heavy atom. The third-order valence-corrected chi connectivity index (χ3v) is 5.94. The second kappa shape index (κ2) is 7.33. The Bertz CT molecular complexity index is 1030. The Kier molecular flexibility index (Phi) is 4.98. The lowest BCUT2D eigenvalue weighted by molar-refractivity contribution is 0.0694. The topological polar surface area (TPSA) is 97.8 Å². The number of carbonyl (C=O) groups is 1. The monoisotopic (exact) mass is 403 g/mol. The molecule has 1 saturated carbocycles. The van der Waals surface area contributed by atoms with Crippen LogP contribution in [0.2, 0.25) is 0 Å². The number of benzene rings is 1. The lowest BCUT2D eigenvalue weighted by Gasteiger charge is -2.25. The van der Waals surface area contributed by atoms with Gasteiger partial charge in [0.15, 0.2) is 11.6 Å². The third-order valence-electron chi connectivity index (χ3n) is 5.94. The average molecular weight is 403 g/mol. The second-order valence-corrected chi connectivity index (χ2v) is 8.03. The number of anilines is 1. The fraction of sp³-hybridized carbons (Fsp3) is 0.524. The van der Waals surface area contributed by atoms with Crippen molar-refractivity contribution in [2.45, 2.75) is 45.2 Å². The minimum absolute atomic E-state index is 0.00169. The number of carboxylic acids is 1. The lowest BCUT2D eigenvalue weighted by Crippen LogP contribution is -2.30. The maximum Gasteiger partial charge on any atom is 0.341 e. The molecule has 1 aliphatic heterocycles. The Balaban J connectivity index is 1.98. The van der Waals surface area contributed by atoms with E-state index in [0.29, 0.717) is 36.6 Å². The largest absolute Gasteiger partial charge is 0.489 e. The van der Waals surface area contributed by atoms with Crippen LogP contribution < -0.4 is 20.8 Å². The number of pyridine rings is 1. The summed E-state index contributed by atoms with van der Waals surface area (Å²) in [6.45, 7) is 5.32. The molecule has 0 bridgehead atoms. The predicted octanol–water partition coefficient (Wildman–Crippen LogP) is 2.75. The summed E-state index contributed by atoms with van der Waals surface area (Å²) in [6.07, 6.45) is 4.00. The number of nitrogens with two attached hydrogens (primary N) is 1. The van der Waals surface area contributed by atoms with Gasteiger partial charge in [-0.2, -0.15) is 0 Å². The Morgan fingerprint density at radius 3 is 2.69 bits per heavy atom. The molecule has 1 aromatic heterocycles. The highest BCUT2D eigenvalue weighted by Gasteiger charge is 2.34. The summed E-state index contributed by atoms with van der Waals surface area (Å²) in [5, 5.41) is 9.49. The molecule has 2 heterocycles. The van der Waals surface area contributed by atoms with Crippen LogP contribution in [-0.4, -0.2) is 41.4 Å². The Hall–Kier alpha value is -2.61. The summed E-state index contributed by atoms with van der Waals surface area (Å²) in [5.41, 5.74) is 5.82. The molecule has 2 atom stereocenters. The van der Waals surface area contributed by atoms with E-state index in [-0.39, 0.29) is 29.0 Å². The summed E-state index contributed by atoms with van der Waals surface area (Å²) in [5.74, 6) is -1.32. The molecule has 1 aromatic carbocycles. The van der Waals surface area contributed by atoms with E-state index in [4.69, 9.17) is 10.5 Å². The Morgan fingerprint density at radius 2 is 2.14 bits per heavy atom. The van der Waals surface area contributed by atoms with Crippen molar-refractivity contribution in [3.8, 4) is 5.75 Å². The molecule has 2 aromatic rings. The van der Waals surface area contributed by atoms with Crippen LogP contribution in [0.1, 0.15) is 49.5 Å². The van der Waals surface area contributed by atoms with Crippen LogP contribution in [0.15, 0.2) is 17.1 Å². The van der Waals surface area contributed by atoms with Gasteiger partial charge in [-0.05, 0) is 45.1 Å². The van der Waals surface area contributed by atoms with Gasteiger partial charge in [0.25, 0.3) is 0 Å². The molecule has 1 saturated heterocycles. The maximum absolute atomic E-state index is 15.3. The number of ether oxygens (including phenoxy) is 1. The minimum atomic E-state index is -1.31. The zero-order valence-electron chi connectivity index (χ0n) is 16.7. The van der Waals surface area contributed by atoms with Gasteiger partial charge in [-0.3, -0.25) is 4.79 Å². The molecule has 2 aliphatic rings. The molecule has 4 rings (SSSR count). The molecule has 0 radical (unpaired) electrons. The number of rotatable bonds is 6. The van der Waals surface area contributed by atoms with Crippen molar-refractivity contribution in [2.75, 3.05) is 24.6 Å². The molecule has 1 aliphatic carbocycles. The summed E-state index contributed by atoms with van der Waals surface area (Å²) >= 11 is 0. The molecular formula is C21H26FN3O4. The summed E-state index contributed by atoms with van der Waals surface area (Å²) in [4.78, 5) is 26.3. The van der Waals surface area contributed by atoms with Crippen molar-refractivity contribution in [3.05, 3.63) is 33.9 Å². The fourth-order valence-electron chi connectivity index (χ4n) is 4.23. The van der Waals surface area contributed by atoms with Crippen LogP contribution in [-0.2, 0) is 0 Å². The van der Waals surface area contributed by atoms with Crippen molar-refractivity contribution in [1.82, 2.24) is 4.57 Å². The quantitative estimate of drug-likeness (QED) is 0.770. The SMILES string of the molecule is CCOc1c(N2CC[C@@H]([C@H](C)N)C2)c(F)cc2c(=O)c(C(=O)O)cn(C3CC3)c12. The van der Waals surface area contributed by atoms with Crippen LogP contribution in [0.4, 0.5) is 10.1 Å². The molecule has 8 heteroatoms. The number of aromatic nitrogens is 1. The second-order valence-electron chi connectivity index (χ2n) is 8.03. The molecule has 3 N–H and O–H groups in total. The number of hydrogen-bond acceptors (Lipinski definition) is 5. The highest BCUT2D eigenvalue weighted by atomic mass is 19.1. The predicted molar refractivity (Wildman–Crippen MR) is 109 cm³/mol. The standard InChI is InChI=1S/C21H26FN3O4/c1-3-29-20-17-14(19(26)15(21(27)28)10-25(17)13-4-5-13)8-16(22)18(20)24-7-6-12(9-24)11(2)23/h8,10-13H,3-7,9,23H2,1-2H3,(H,27,28)/t11-,12+/m0/s1. The summed E-state index contributed by atoms with van der Waals surface area (Å²) < 4.78 is 23.0. The normalized spacial score (nSPS) is 20.3. The molecule has 156 valence electrons. The first kappa shape index (κ1) is 19.7. The molecular weight excluding hydrogens is 377 g/mol. The average Bonchev–Trinajstić information content (AvgIpc) is 3.39.